The van der Waals surface area contributed by atoms with Gasteiger partial charge in [-0.3, -0.25) is 4.79 Å². The molecule has 0 fully saturated rings. The number of hydrogen-bond donors (Lipinski definition) is 1. The van der Waals surface area contributed by atoms with E-state index in [1.807, 2.05) is 0 Å². The highest BCUT2D eigenvalue weighted by Gasteiger charge is 2.08. The van der Waals surface area contributed by atoms with E-state index in [1.54, 1.807) is 0 Å². The first-order valence-electron chi connectivity index (χ1n) is 3.86. The first-order valence-corrected chi connectivity index (χ1v) is 4.24. The summed E-state index contributed by atoms with van der Waals surface area (Å²) in [5.74, 6) is -1.08. The van der Waals surface area contributed by atoms with Crippen molar-refractivity contribution in [3.63, 3.8) is 0 Å². The first-order chi connectivity index (χ1) is 7.04. The van der Waals surface area contributed by atoms with Crippen LogP contribution in [0.15, 0.2) is 17.2 Å². The van der Waals surface area contributed by atoms with Gasteiger partial charge in [0.05, 0.1) is 16.4 Å². The molecule has 0 aromatic heterocycles. The van der Waals surface area contributed by atoms with Gasteiger partial charge in [-0.1, -0.05) is 16.7 Å². The van der Waals surface area contributed by atoms with Gasteiger partial charge in [0.1, 0.15) is 5.82 Å². The first kappa shape index (κ1) is 11.3. The molecule has 0 aliphatic rings. The standard InChI is InChI=1S/C8H6ClFN4O/c1-4(15)12-7-2-5(9)6(10)3-8(7)13-14-11/h2-3H,1H3,(H,12,15). The van der Waals surface area contributed by atoms with E-state index in [1.165, 1.54) is 13.0 Å². The Morgan fingerprint density at radius 1 is 1.67 bits per heavy atom. The molecule has 0 atom stereocenters. The fourth-order valence-corrected chi connectivity index (χ4v) is 1.12. The summed E-state index contributed by atoms with van der Waals surface area (Å²) in [6.45, 7) is 1.27. The Morgan fingerprint density at radius 3 is 2.87 bits per heavy atom. The van der Waals surface area contributed by atoms with Crippen LogP contribution in [0.25, 0.3) is 10.4 Å². The Labute approximate surface area is 89.5 Å². The minimum absolute atomic E-state index is 0.0189. The van der Waals surface area contributed by atoms with Gasteiger partial charge in [0.15, 0.2) is 0 Å². The molecule has 1 aromatic carbocycles. The zero-order chi connectivity index (χ0) is 11.4. The number of carbonyl (C=O) groups excluding carboxylic acids is 1. The van der Waals surface area contributed by atoms with Crippen LogP contribution in [0.2, 0.25) is 5.02 Å². The molecule has 78 valence electrons. The van der Waals surface area contributed by atoms with E-state index >= 15 is 0 Å². The summed E-state index contributed by atoms with van der Waals surface area (Å²) in [5, 5.41) is 5.44. The largest absolute Gasteiger partial charge is 0.326 e. The highest BCUT2D eigenvalue weighted by atomic mass is 35.5. The van der Waals surface area contributed by atoms with Crippen molar-refractivity contribution in [2.75, 3.05) is 5.32 Å². The van der Waals surface area contributed by atoms with E-state index in [0.29, 0.717) is 0 Å². The predicted octanol–water partition coefficient (Wildman–Crippen LogP) is 3.38. The zero-order valence-corrected chi connectivity index (χ0v) is 8.42. The van der Waals surface area contributed by atoms with E-state index in [9.17, 15) is 9.18 Å². The minimum Gasteiger partial charge on any atom is -0.326 e. The number of nitrogens with one attached hydrogen (secondary N) is 1. The van der Waals surface area contributed by atoms with Crippen molar-refractivity contribution in [1.82, 2.24) is 0 Å². The third-order valence-corrected chi connectivity index (χ3v) is 1.79. The lowest BCUT2D eigenvalue weighted by atomic mass is 10.2. The topological polar surface area (TPSA) is 77.9 Å². The van der Waals surface area contributed by atoms with Crippen LogP contribution in [0.3, 0.4) is 0 Å². The third-order valence-electron chi connectivity index (χ3n) is 1.50. The van der Waals surface area contributed by atoms with Crippen molar-refractivity contribution >= 4 is 28.9 Å². The number of hydrogen-bond acceptors (Lipinski definition) is 2. The molecule has 0 spiro atoms. The summed E-state index contributed by atoms with van der Waals surface area (Å²) in [5.41, 5.74) is 8.38. The van der Waals surface area contributed by atoms with Crippen molar-refractivity contribution < 1.29 is 9.18 Å². The molecule has 5 nitrogen and oxygen atoms in total. The van der Waals surface area contributed by atoms with Gasteiger partial charge in [0, 0.05) is 11.8 Å². The van der Waals surface area contributed by atoms with E-state index < -0.39 is 5.82 Å². The van der Waals surface area contributed by atoms with Crippen LogP contribution in [0.5, 0.6) is 0 Å². The normalized spacial score (nSPS) is 9.27. The number of carbonyl (C=O) groups is 1. The van der Waals surface area contributed by atoms with Crippen molar-refractivity contribution in [3.8, 4) is 0 Å². The molecule has 0 unspecified atom stereocenters. The Balaban J connectivity index is 3.27. The molecule has 0 saturated heterocycles. The molecule has 0 aliphatic carbocycles. The van der Waals surface area contributed by atoms with Gasteiger partial charge in [-0.15, -0.1) is 0 Å². The molecular weight excluding hydrogens is 223 g/mol. The highest BCUT2D eigenvalue weighted by Crippen LogP contribution is 2.30. The molecule has 1 aromatic rings. The second-order valence-corrected chi connectivity index (χ2v) is 3.06. The van der Waals surface area contributed by atoms with Crippen LogP contribution in [0.4, 0.5) is 15.8 Å². The second kappa shape index (κ2) is 4.63. The molecule has 0 aliphatic heterocycles. The molecule has 1 N–H and O–H groups in total. The molecule has 15 heavy (non-hydrogen) atoms. The van der Waals surface area contributed by atoms with Gasteiger partial charge in [-0.05, 0) is 17.7 Å². The monoisotopic (exact) mass is 228 g/mol. The van der Waals surface area contributed by atoms with Crippen LogP contribution in [0.1, 0.15) is 6.92 Å². The quantitative estimate of drug-likeness (QED) is 0.470. The number of azide groups is 1. The SMILES string of the molecule is CC(=O)Nc1cc(Cl)c(F)cc1N=[N+]=[N-]. The second-order valence-electron chi connectivity index (χ2n) is 2.65. The van der Waals surface area contributed by atoms with Gasteiger partial charge in [-0.2, -0.15) is 0 Å². The lowest BCUT2D eigenvalue weighted by Crippen LogP contribution is -2.06. The average Bonchev–Trinajstić information content (AvgIpc) is 2.13. The average molecular weight is 229 g/mol. The molecule has 1 amide bonds. The van der Waals surface area contributed by atoms with Gasteiger partial charge in [-0.25, -0.2) is 4.39 Å². The van der Waals surface area contributed by atoms with E-state index in [4.69, 9.17) is 17.1 Å². The molecule has 0 saturated carbocycles. The number of benzene rings is 1. The lowest BCUT2D eigenvalue weighted by molar-refractivity contribution is -0.114. The van der Waals surface area contributed by atoms with Crippen molar-refractivity contribution in [2.45, 2.75) is 6.92 Å². The fraction of sp³-hybridized carbons (Fsp3) is 0.125. The summed E-state index contributed by atoms with van der Waals surface area (Å²) in [6, 6.07) is 2.13. The summed E-state index contributed by atoms with van der Waals surface area (Å²) in [6.07, 6.45) is 0. The predicted molar refractivity (Wildman–Crippen MR) is 54.5 cm³/mol. The highest BCUT2D eigenvalue weighted by molar-refractivity contribution is 6.31. The van der Waals surface area contributed by atoms with Gasteiger partial charge in [0.2, 0.25) is 5.91 Å². The number of rotatable bonds is 2. The van der Waals surface area contributed by atoms with Gasteiger partial charge < -0.3 is 5.32 Å². The summed E-state index contributed by atoms with van der Waals surface area (Å²) < 4.78 is 13.0. The van der Waals surface area contributed by atoms with Gasteiger partial charge in [0.25, 0.3) is 0 Å². The Hall–Kier alpha value is -1.78. The van der Waals surface area contributed by atoms with E-state index in [0.717, 1.165) is 6.07 Å². The minimum atomic E-state index is -0.715. The van der Waals surface area contributed by atoms with E-state index in [2.05, 4.69) is 15.3 Å². The van der Waals surface area contributed by atoms with Crippen molar-refractivity contribution in [3.05, 3.63) is 33.4 Å². The molecular formula is C8H6ClFN4O. The summed E-state index contributed by atoms with van der Waals surface area (Å²) in [4.78, 5) is 13.3. The molecule has 0 radical (unpaired) electrons. The van der Waals surface area contributed by atoms with Crippen molar-refractivity contribution in [2.24, 2.45) is 5.11 Å². The van der Waals surface area contributed by atoms with Gasteiger partial charge >= 0.3 is 0 Å². The van der Waals surface area contributed by atoms with Crippen LogP contribution < -0.4 is 5.32 Å². The van der Waals surface area contributed by atoms with Crippen LogP contribution in [-0.2, 0) is 4.79 Å². The molecule has 0 bridgehead atoms. The number of halogens is 2. The molecule has 0 heterocycles. The number of nitrogens with zero attached hydrogens (tertiary/aromatic N) is 3. The van der Waals surface area contributed by atoms with Crippen LogP contribution in [-0.4, -0.2) is 5.91 Å². The smallest absolute Gasteiger partial charge is 0.221 e. The maximum absolute atomic E-state index is 13.0. The summed E-state index contributed by atoms with van der Waals surface area (Å²) in [7, 11) is 0. The maximum Gasteiger partial charge on any atom is 0.221 e. The zero-order valence-electron chi connectivity index (χ0n) is 7.66. The van der Waals surface area contributed by atoms with Crippen LogP contribution in [0, 0.1) is 5.82 Å². The Bertz CT molecular complexity index is 456. The fourth-order valence-electron chi connectivity index (χ4n) is 0.957. The Kier molecular flexibility index (Phi) is 3.49. The number of amides is 1. The van der Waals surface area contributed by atoms with Crippen molar-refractivity contribution in [1.29, 1.82) is 0 Å². The van der Waals surface area contributed by atoms with Crippen LogP contribution >= 0.6 is 11.6 Å². The maximum atomic E-state index is 13.0. The molecule has 1 rings (SSSR count). The third kappa shape index (κ3) is 2.83. The summed E-state index contributed by atoms with van der Waals surface area (Å²) >= 11 is 5.51. The number of anilines is 1. The molecule has 7 heteroatoms. The van der Waals surface area contributed by atoms with E-state index in [-0.39, 0.29) is 22.3 Å². The lowest BCUT2D eigenvalue weighted by Gasteiger charge is -2.06. The Morgan fingerprint density at radius 2 is 2.33 bits per heavy atom.